The molecule has 2 heterocycles. The Bertz CT molecular complexity index is 1060. The van der Waals surface area contributed by atoms with Gasteiger partial charge in [0.2, 0.25) is 0 Å². The highest BCUT2D eigenvalue weighted by atomic mass is 16.5. The molecule has 1 fully saturated rings. The van der Waals surface area contributed by atoms with Gasteiger partial charge in [0, 0.05) is 37.8 Å². The number of amides is 1. The lowest BCUT2D eigenvalue weighted by Gasteiger charge is -2.35. The van der Waals surface area contributed by atoms with Gasteiger partial charge in [-0.1, -0.05) is 56.3 Å². The molecule has 32 heavy (non-hydrogen) atoms. The summed E-state index contributed by atoms with van der Waals surface area (Å²) in [5.41, 5.74) is 3.20. The van der Waals surface area contributed by atoms with E-state index >= 15 is 0 Å². The minimum Gasteiger partial charge on any atom is -0.484 e. The number of nitrogens with zero attached hydrogens (tertiary/aromatic N) is 4. The fourth-order valence-corrected chi connectivity index (χ4v) is 3.86. The van der Waals surface area contributed by atoms with Crippen molar-refractivity contribution in [1.29, 1.82) is 0 Å². The molecule has 1 aliphatic rings. The fraction of sp³-hybridized carbons (Fsp3) is 0.346. The maximum atomic E-state index is 12.7. The summed E-state index contributed by atoms with van der Waals surface area (Å²) in [4.78, 5) is 26.0. The van der Waals surface area contributed by atoms with Crippen LogP contribution in [0.3, 0.4) is 0 Å². The van der Waals surface area contributed by atoms with E-state index in [2.05, 4.69) is 46.9 Å². The van der Waals surface area contributed by atoms with Gasteiger partial charge in [0.1, 0.15) is 17.4 Å². The molecule has 3 aromatic rings. The lowest BCUT2D eigenvalue weighted by molar-refractivity contribution is -0.133. The SMILES string of the molecule is Cc1nc(-c2ccccc2)cc(N2CCN(C(=O)COc3cccc(C(C)C)c3)CC2)n1. The van der Waals surface area contributed by atoms with E-state index < -0.39 is 0 Å². The number of carbonyl (C=O) groups is 1. The number of benzene rings is 2. The minimum atomic E-state index is 0.0171. The van der Waals surface area contributed by atoms with Crippen LogP contribution in [0.1, 0.15) is 31.2 Å². The van der Waals surface area contributed by atoms with Crippen LogP contribution in [-0.4, -0.2) is 53.6 Å². The van der Waals surface area contributed by atoms with E-state index in [0.29, 0.717) is 19.0 Å². The predicted molar refractivity (Wildman–Crippen MR) is 127 cm³/mol. The van der Waals surface area contributed by atoms with E-state index in [1.54, 1.807) is 0 Å². The summed E-state index contributed by atoms with van der Waals surface area (Å²) >= 11 is 0. The molecule has 0 saturated carbocycles. The van der Waals surface area contributed by atoms with Crippen LogP contribution in [0.4, 0.5) is 5.82 Å². The maximum Gasteiger partial charge on any atom is 0.260 e. The van der Waals surface area contributed by atoms with Crippen LogP contribution in [0.15, 0.2) is 60.7 Å². The van der Waals surface area contributed by atoms with Gasteiger partial charge < -0.3 is 14.5 Å². The molecule has 1 aliphatic heterocycles. The molecule has 6 nitrogen and oxygen atoms in total. The molecular formula is C26H30N4O2. The highest BCUT2D eigenvalue weighted by Crippen LogP contribution is 2.23. The standard InChI is InChI=1S/C26H30N4O2/c1-19(2)22-10-7-11-23(16-22)32-18-26(31)30-14-12-29(13-15-30)25-17-24(27-20(3)28-25)21-8-5-4-6-9-21/h4-11,16-17,19H,12-15,18H2,1-3H3. The lowest BCUT2D eigenvalue weighted by Crippen LogP contribution is -2.50. The van der Waals surface area contributed by atoms with E-state index in [0.717, 1.165) is 41.7 Å². The number of ether oxygens (including phenoxy) is 1. The number of aryl methyl sites for hydroxylation is 1. The largest absolute Gasteiger partial charge is 0.484 e. The number of carbonyl (C=O) groups excluding carboxylic acids is 1. The number of hydrogen-bond acceptors (Lipinski definition) is 5. The van der Waals surface area contributed by atoms with E-state index in [9.17, 15) is 4.79 Å². The fourth-order valence-electron chi connectivity index (χ4n) is 3.86. The summed E-state index contributed by atoms with van der Waals surface area (Å²) in [6.45, 7) is 9.04. The summed E-state index contributed by atoms with van der Waals surface area (Å²) in [5, 5.41) is 0. The van der Waals surface area contributed by atoms with Crippen LogP contribution in [-0.2, 0) is 4.79 Å². The molecule has 1 amide bonds. The summed E-state index contributed by atoms with van der Waals surface area (Å²) in [5.74, 6) is 2.84. The predicted octanol–water partition coefficient (Wildman–Crippen LogP) is 4.30. The average Bonchev–Trinajstić information content (AvgIpc) is 2.83. The second-order valence-corrected chi connectivity index (χ2v) is 8.41. The van der Waals surface area contributed by atoms with Gasteiger partial charge in [0.05, 0.1) is 5.69 Å². The second kappa shape index (κ2) is 9.81. The number of piperazine rings is 1. The summed E-state index contributed by atoms with van der Waals surface area (Å²) in [6, 6.07) is 20.1. The maximum absolute atomic E-state index is 12.7. The van der Waals surface area contributed by atoms with Gasteiger partial charge in [-0.05, 0) is 30.5 Å². The van der Waals surface area contributed by atoms with Gasteiger partial charge >= 0.3 is 0 Å². The van der Waals surface area contributed by atoms with Crippen molar-refractivity contribution in [1.82, 2.24) is 14.9 Å². The number of aromatic nitrogens is 2. The first-order valence-corrected chi connectivity index (χ1v) is 11.2. The van der Waals surface area contributed by atoms with Gasteiger partial charge in [0.25, 0.3) is 5.91 Å². The van der Waals surface area contributed by atoms with Crippen LogP contribution in [0.5, 0.6) is 5.75 Å². The Kier molecular flexibility index (Phi) is 6.69. The number of hydrogen-bond donors (Lipinski definition) is 0. The van der Waals surface area contributed by atoms with Gasteiger partial charge in [-0.25, -0.2) is 9.97 Å². The van der Waals surface area contributed by atoms with Crippen molar-refractivity contribution in [2.45, 2.75) is 26.7 Å². The Hall–Kier alpha value is -3.41. The van der Waals surface area contributed by atoms with Gasteiger partial charge in [-0.3, -0.25) is 4.79 Å². The van der Waals surface area contributed by atoms with Crippen molar-refractivity contribution in [3.8, 4) is 17.0 Å². The Morgan fingerprint density at radius 2 is 1.72 bits per heavy atom. The molecule has 166 valence electrons. The lowest BCUT2D eigenvalue weighted by atomic mass is 10.0. The Balaban J connectivity index is 1.34. The normalized spacial score (nSPS) is 14.0. The van der Waals surface area contributed by atoms with Gasteiger partial charge in [-0.2, -0.15) is 0 Å². The number of rotatable bonds is 6. The van der Waals surface area contributed by atoms with Crippen molar-refractivity contribution in [2.24, 2.45) is 0 Å². The first kappa shape index (κ1) is 21.8. The Labute approximate surface area is 189 Å². The van der Waals surface area contributed by atoms with Crippen LogP contribution >= 0.6 is 0 Å². The van der Waals surface area contributed by atoms with Crippen molar-refractivity contribution in [2.75, 3.05) is 37.7 Å². The molecule has 6 heteroatoms. The average molecular weight is 431 g/mol. The van der Waals surface area contributed by atoms with Crippen LogP contribution in [0.2, 0.25) is 0 Å². The van der Waals surface area contributed by atoms with Crippen LogP contribution < -0.4 is 9.64 Å². The Morgan fingerprint density at radius 1 is 0.969 bits per heavy atom. The van der Waals surface area contributed by atoms with Crippen LogP contribution in [0, 0.1) is 6.92 Å². The van der Waals surface area contributed by atoms with E-state index in [4.69, 9.17) is 4.74 Å². The van der Waals surface area contributed by atoms with Crippen molar-refractivity contribution >= 4 is 11.7 Å². The van der Waals surface area contributed by atoms with E-state index in [-0.39, 0.29) is 12.5 Å². The first-order valence-electron chi connectivity index (χ1n) is 11.2. The van der Waals surface area contributed by atoms with E-state index in [1.165, 1.54) is 5.56 Å². The molecule has 0 radical (unpaired) electrons. The third kappa shape index (κ3) is 5.25. The topological polar surface area (TPSA) is 58.6 Å². The number of anilines is 1. The molecular weight excluding hydrogens is 400 g/mol. The van der Waals surface area contributed by atoms with Crippen molar-refractivity contribution in [3.63, 3.8) is 0 Å². The van der Waals surface area contributed by atoms with E-state index in [1.807, 2.05) is 54.3 Å². The third-order valence-electron chi connectivity index (χ3n) is 5.74. The molecule has 0 N–H and O–H groups in total. The zero-order chi connectivity index (χ0) is 22.5. The van der Waals surface area contributed by atoms with Gasteiger partial charge in [0.15, 0.2) is 6.61 Å². The molecule has 0 bridgehead atoms. The van der Waals surface area contributed by atoms with Crippen molar-refractivity contribution < 1.29 is 9.53 Å². The van der Waals surface area contributed by atoms with Gasteiger partial charge in [-0.15, -0.1) is 0 Å². The monoisotopic (exact) mass is 430 g/mol. The molecule has 2 aromatic carbocycles. The summed E-state index contributed by atoms with van der Waals surface area (Å²) < 4.78 is 5.78. The smallest absolute Gasteiger partial charge is 0.260 e. The molecule has 0 atom stereocenters. The highest BCUT2D eigenvalue weighted by Gasteiger charge is 2.23. The first-order chi connectivity index (χ1) is 15.5. The molecule has 4 rings (SSSR count). The molecule has 0 unspecified atom stereocenters. The molecule has 1 saturated heterocycles. The summed E-state index contributed by atoms with van der Waals surface area (Å²) in [6.07, 6.45) is 0. The van der Waals surface area contributed by atoms with Crippen LogP contribution in [0.25, 0.3) is 11.3 Å². The second-order valence-electron chi connectivity index (χ2n) is 8.41. The molecule has 1 aromatic heterocycles. The minimum absolute atomic E-state index is 0.0171. The molecule has 0 spiro atoms. The van der Waals surface area contributed by atoms with Crippen molar-refractivity contribution in [3.05, 3.63) is 72.1 Å². The zero-order valence-electron chi connectivity index (χ0n) is 19.0. The molecule has 0 aliphatic carbocycles. The highest BCUT2D eigenvalue weighted by molar-refractivity contribution is 5.78. The summed E-state index contributed by atoms with van der Waals surface area (Å²) in [7, 11) is 0. The Morgan fingerprint density at radius 3 is 2.44 bits per heavy atom. The quantitative estimate of drug-likeness (QED) is 0.583. The zero-order valence-corrected chi connectivity index (χ0v) is 19.0. The third-order valence-corrected chi connectivity index (χ3v) is 5.74.